The van der Waals surface area contributed by atoms with Crippen LogP contribution >= 0.6 is 27.7 Å². The highest BCUT2D eigenvalue weighted by Gasteiger charge is 1.99. The van der Waals surface area contributed by atoms with Gasteiger partial charge in [0.1, 0.15) is 10.4 Å². The van der Waals surface area contributed by atoms with Crippen molar-refractivity contribution in [2.45, 2.75) is 25.7 Å². The largest absolute Gasteiger partial charge is 0.383 e. The van der Waals surface area contributed by atoms with Crippen molar-refractivity contribution < 1.29 is 0 Å². The molecule has 0 aliphatic heterocycles. The fourth-order valence-corrected chi connectivity index (χ4v) is 2.33. The number of thioether (sulfide) groups is 1. The molecular formula is C11H19BrN4S. The number of nitrogens with zero attached hydrogens (tertiary/aromatic N) is 2. The van der Waals surface area contributed by atoms with Crippen LogP contribution in [0.1, 0.15) is 25.7 Å². The van der Waals surface area contributed by atoms with Crippen LogP contribution in [-0.2, 0) is 0 Å². The number of hydrogen-bond acceptors (Lipinski definition) is 5. The fourth-order valence-electron chi connectivity index (χ4n) is 1.44. The van der Waals surface area contributed by atoms with Crippen molar-refractivity contribution >= 4 is 39.5 Å². The van der Waals surface area contributed by atoms with Crippen LogP contribution in [0.5, 0.6) is 0 Å². The van der Waals surface area contributed by atoms with Crippen LogP contribution in [0.3, 0.4) is 0 Å². The molecule has 0 bridgehead atoms. The second kappa shape index (κ2) is 8.58. The Morgan fingerprint density at radius 1 is 1.29 bits per heavy atom. The summed E-state index contributed by atoms with van der Waals surface area (Å²) in [6.45, 7) is 0.898. The quantitative estimate of drug-likeness (QED) is 0.569. The third-order valence-corrected chi connectivity index (χ3v) is 3.38. The van der Waals surface area contributed by atoms with Crippen LogP contribution < -0.4 is 11.1 Å². The number of unbranched alkanes of at least 4 members (excludes halogenated alkanes) is 3. The van der Waals surface area contributed by atoms with E-state index < -0.39 is 0 Å². The van der Waals surface area contributed by atoms with E-state index in [9.17, 15) is 0 Å². The Bertz CT molecular complexity index is 315. The van der Waals surface area contributed by atoms with Gasteiger partial charge in [0.15, 0.2) is 0 Å². The number of aromatic nitrogens is 2. The van der Waals surface area contributed by atoms with Gasteiger partial charge in [0, 0.05) is 12.6 Å². The van der Waals surface area contributed by atoms with E-state index in [0.29, 0.717) is 16.4 Å². The van der Waals surface area contributed by atoms with Gasteiger partial charge in [-0.05, 0) is 40.8 Å². The smallest absolute Gasteiger partial charge is 0.225 e. The van der Waals surface area contributed by atoms with Crippen molar-refractivity contribution in [3.63, 3.8) is 0 Å². The summed E-state index contributed by atoms with van der Waals surface area (Å²) in [7, 11) is 0. The van der Waals surface area contributed by atoms with Crippen LogP contribution in [0.4, 0.5) is 11.8 Å². The molecule has 0 aliphatic carbocycles. The van der Waals surface area contributed by atoms with Gasteiger partial charge in [-0.25, -0.2) is 4.98 Å². The molecule has 0 fully saturated rings. The molecule has 0 spiro atoms. The Kier molecular flexibility index (Phi) is 7.35. The third-order valence-electron chi connectivity index (χ3n) is 2.27. The van der Waals surface area contributed by atoms with Crippen LogP contribution in [0.25, 0.3) is 0 Å². The first kappa shape index (κ1) is 14.6. The minimum absolute atomic E-state index is 0.481. The minimum Gasteiger partial charge on any atom is -0.383 e. The molecule has 0 aromatic carbocycles. The van der Waals surface area contributed by atoms with Crippen molar-refractivity contribution in [3.05, 3.63) is 10.7 Å². The molecular weight excluding hydrogens is 300 g/mol. The van der Waals surface area contributed by atoms with E-state index in [1.54, 1.807) is 6.07 Å². The van der Waals surface area contributed by atoms with Gasteiger partial charge in [0.25, 0.3) is 0 Å². The van der Waals surface area contributed by atoms with Gasteiger partial charge >= 0.3 is 0 Å². The van der Waals surface area contributed by atoms with Crippen LogP contribution in [0.15, 0.2) is 10.7 Å². The Balaban J connectivity index is 2.13. The van der Waals surface area contributed by atoms with E-state index >= 15 is 0 Å². The lowest BCUT2D eigenvalue weighted by atomic mass is 10.2. The van der Waals surface area contributed by atoms with Crippen LogP contribution in [0.2, 0.25) is 0 Å². The van der Waals surface area contributed by atoms with Crippen LogP contribution in [0, 0.1) is 0 Å². The molecule has 0 atom stereocenters. The topological polar surface area (TPSA) is 63.8 Å². The van der Waals surface area contributed by atoms with E-state index in [1.165, 1.54) is 25.0 Å². The summed E-state index contributed by atoms with van der Waals surface area (Å²) in [6, 6.07) is 1.69. The number of hydrogen-bond donors (Lipinski definition) is 2. The van der Waals surface area contributed by atoms with E-state index in [4.69, 9.17) is 5.73 Å². The maximum absolute atomic E-state index is 5.62. The van der Waals surface area contributed by atoms with E-state index in [-0.39, 0.29) is 0 Å². The van der Waals surface area contributed by atoms with E-state index in [2.05, 4.69) is 37.5 Å². The second-order valence-corrected chi connectivity index (χ2v) is 5.57. The molecule has 4 nitrogen and oxygen atoms in total. The first-order valence-electron chi connectivity index (χ1n) is 5.75. The summed E-state index contributed by atoms with van der Waals surface area (Å²) >= 11 is 5.20. The molecule has 1 rings (SSSR count). The molecule has 6 heteroatoms. The van der Waals surface area contributed by atoms with Gasteiger partial charge in [-0.15, -0.1) is 0 Å². The highest BCUT2D eigenvalue weighted by Crippen LogP contribution is 2.12. The lowest BCUT2D eigenvalue weighted by Crippen LogP contribution is -2.07. The molecule has 1 aromatic heterocycles. The lowest BCUT2D eigenvalue weighted by molar-refractivity contribution is 0.687. The maximum Gasteiger partial charge on any atom is 0.225 e. The van der Waals surface area contributed by atoms with E-state index in [1.807, 2.05) is 11.8 Å². The Morgan fingerprint density at radius 3 is 2.76 bits per heavy atom. The number of nitrogen functional groups attached to an aromatic ring is 1. The average Bonchev–Trinajstić information content (AvgIpc) is 2.26. The lowest BCUT2D eigenvalue weighted by Gasteiger charge is -2.05. The van der Waals surface area contributed by atoms with Gasteiger partial charge < -0.3 is 11.1 Å². The summed E-state index contributed by atoms with van der Waals surface area (Å²) in [4.78, 5) is 8.30. The summed E-state index contributed by atoms with van der Waals surface area (Å²) in [5.41, 5.74) is 5.62. The standard InChI is InChI=1S/C11H19BrN4S/c1-17-7-5-3-2-4-6-14-11-15-9(12)8-10(13)16-11/h8H,2-7H2,1H3,(H3,13,14,15,16). The third kappa shape index (κ3) is 6.73. The Morgan fingerprint density at radius 2 is 2.06 bits per heavy atom. The SMILES string of the molecule is CSCCCCCCNc1nc(N)cc(Br)n1. The number of halogens is 1. The van der Waals surface area contributed by atoms with Gasteiger partial charge in [0.2, 0.25) is 5.95 Å². The second-order valence-electron chi connectivity index (χ2n) is 3.77. The zero-order valence-electron chi connectivity index (χ0n) is 10.1. The van der Waals surface area contributed by atoms with Crippen molar-refractivity contribution in [2.75, 3.05) is 29.6 Å². The first-order valence-corrected chi connectivity index (χ1v) is 7.94. The maximum atomic E-state index is 5.62. The highest BCUT2D eigenvalue weighted by atomic mass is 79.9. The molecule has 1 heterocycles. The minimum atomic E-state index is 0.481. The number of nitrogens with one attached hydrogen (secondary N) is 1. The normalized spacial score (nSPS) is 10.5. The van der Waals surface area contributed by atoms with E-state index in [0.717, 1.165) is 13.0 Å². The number of nitrogens with two attached hydrogens (primary N) is 1. The molecule has 0 saturated heterocycles. The van der Waals surface area contributed by atoms with Crippen LogP contribution in [-0.4, -0.2) is 28.5 Å². The summed E-state index contributed by atoms with van der Waals surface area (Å²) < 4.78 is 0.715. The molecule has 0 radical (unpaired) electrons. The van der Waals surface area contributed by atoms with Crippen molar-refractivity contribution in [2.24, 2.45) is 0 Å². The monoisotopic (exact) mass is 318 g/mol. The molecule has 1 aromatic rings. The van der Waals surface area contributed by atoms with Crippen molar-refractivity contribution in [1.29, 1.82) is 0 Å². The zero-order valence-corrected chi connectivity index (χ0v) is 12.5. The molecule has 0 saturated carbocycles. The molecule has 17 heavy (non-hydrogen) atoms. The number of anilines is 2. The predicted octanol–water partition coefficient (Wildman–Crippen LogP) is 3.16. The van der Waals surface area contributed by atoms with Gasteiger partial charge in [-0.3, -0.25) is 0 Å². The Labute approximate surface area is 115 Å². The highest BCUT2D eigenvalue weighted by molar-refractivity contribution is 9.10. The molecule has 0 aliphatic rings. The van der Waals surface area contributed by atoms with Gasteiger partial charge in [-0.1, -0.05) is 12.8 Å². The Hall–Kier alpha value is -0.490. The van der Waals surface area contributed by atoms with Crippen molar-refractivity contribution in [3.8, 4) is 0 Å². The summed E-state index contributed by atoms with van der Waals surface area (Å²) in [5.74, 6) is 2.34. The van der Waals surface area contributed by atoms with Crippen molar-refractivity contribution in [1.82, 2.24) is 9.97 Å². The number of rotatable bonds is 8. The average molecular weight is 319 g/mol. The first-order chi connectivity index (χ1) is 8.22. The fraction of sp³-hybridized carbons (Fsp3) is 0.636. The molecule has 3 N–H and O–H groups in total. The zero-order chi connectivity index (χ0) is 12.5. The predicted molar refractivity (Wildman–Crippen MR) is 79.5 cm³/mol. The molecule has 0 unspecified atom stereocenters. The summed E-state index contributed by atoms with van der Waals surface area (Å²) in [5, 5.41) is 3.18. The molecule has 0 amide bonds. The van der Waals surface area contributed by atoms with Gasteiger partial charge in [0.05, 0.1) is 0 Å². The van der Waals surface area contributed by atoms with Gasteiger partial charge in [-0.2, -0.15) is 16.7 Å². The molecule has 96 valence electrons. The summed E-state index contributed by atoms with van der Waals surface area (Å²) in [6.07, 6.45) is 7.14.